The van der Waals surface area contributed by atoms with Crippen LogP contribution in [0.25, 0.3) is 11.1 Å². The number of carbonyl (C=O) groups is 1. The van der Waals surface area contributed by atoms with Gasteiger partial charge in [0.1, 0.15) is 5.75 Å². The second-order valence-corrected chi connectivity index (χ2v) is 13.1. The van der Waals surface area contributed by atoms with E-state index in [1.165, 1.54) is 0 Å². The molecule has 1 aliphatic heterocycles. The van der Waals surface area contributed by atoms with E-state index in [1.807, 2.05) is 61.5 Å². The zero-order valence-electron chi connectivity index (χ0n) is 25.8. The Kier molecular flexibility index (Phi) is 10.8. The van der Waals surface area contributed by atoms with Gasteiger partial charge in [-0.25, -0.2) is 18.8 Å². The Bertz CT molecular complexity index is 1710. The SMILES string of the molecule is CCCNNC(=O)[C@@]1(CCS(=O)(=O)c2ccccc2)N=C(c2ccc(OCCCO)cc2)O[C@H]1c1ccc(-c2ccccc2)cc1. The first kappa shape index (κ1) is 32.9. The summed E-state index contributed by atoms with van der Waals surface area (Å²) in [4.78, 5) is 19.2. The smallest absolute Gasteiger partial charge is 0.266 e. The Morgan fingerprint density at radius 1 is 0.891 bits per heavy atom. The number of hydrogen-bond donors (Lipinski definition) is 3. The maximum absolute atomic E-state index is 14.1. The van der Waals surface area contributed by atoms with E-state index in [-0.39, 0.29) is 29.6 Å². The highest BCUT2D eigenvalue weighted by Gasteiger charge is 2.53. The van der Waals surface area contributed by atoms with E-state index in [0.29, 0.717) is 36.4 Å². The fourth-order valence-electron chi connectivity index (χ4n) is 5.26. The fourth-order valence-corrected chi connectivity index (χ4v) is 6.65. The average molecular weight is 642 g/mol. The molecule has 240 valence electrons. The summed E-state index contributed by atoms with van der Waals surface area (Å²) in [5.74, 6) is 0.0295. The molecule has 4 aromatic carbocycles. The first-order valence-electron chi connectivity index (χ1n) is 15.4. The van der Waals surface area contributed by atoms with Crippen LogP contribution in [-0.4, -0.2) is 56.4 Å². The summed E-state index contributed by atoms with van der Waals surface area (Å²) >= 11 is 0. The Morgan fingerprint density at radius 2 is 1.52 bits per heavy atom. The molecule has 4 aromatic rings. The molecule has 9 nitrogen and oxygen atoms in total. The molecule has 0 saturated carbocycles. The van der Waals surface area contributed by atoms with Gasteiger partial charge in [-0.15, -0.1) is 0 Å². The predicted octanol–water partition coefficient (Wildman–Crippen LogP) is 5.27. The first-order valence-corrected chi connectivity index (χ1v) is 17.1. The summed E-state index contributed by atoms with van der Waals surface area (Å²) in [6.07, 6.45) is 0.249. The quantitative estimate of drug-likeness (QED) is 0.119. The second-order valence-electron chi connectivity index (χ2n) is 11.0. The number of ether oxygens (including phenoxy) is 2. The van der Waals surface area contributed by atoms with Crippen LogP contribution in [0.15, 0.2) is 119 Å². The molecule has 1 heterocycles. The van der Waals surface area contributed by atoms with Crippen LogP contribution in [-0.2, 0) is 19.4 Å². The van der Waals surface area contributed by atoms with Gasteiger partial charge in [-0.05, 0) is 59.5 Å². The number of sulfone groups is 1. The lowest BCUT2D eigenvalue weighted by Crippen LogP contribution is -2.53. The fraction of sp³-hybridized carbons (Fsp3) is 0.278. The Hall–Kier alpha value is -4.51. The largest absolute Gasteiger partial charge is 0.494 e. The number of benzene rings is 4. The lowest BCUT2D eigenvalue weighted by Gasteiger charge is -2.30. The van der Waals surface area contributed by atoms with Crippen molar-refractivity contribution in [3.05, 3.63) is 120 Å². The van der Waals surface area contributed by atoms with Gasteiger partial charge in [-0.1, -0.05) is 79.7 Å². The summed E-state index contributed by atoms with van der Waals surface area (Å²) < 4.78 is 39.2. The number of carbonyl (C=O) groups excluding carboxylic acids is 1. The number of nitrogens with zero attached hydrogens (tertiary/aromatic N) is 1. The van der Waals surface area contributed by atoms with E-state index >= 15 is 0 Å². The third-order valence-electron chi connectivity index (χ3n) is 7.78. The van der Waals surface area contributed by atoms with Gasteiger partial charge < -0.3 is 14.6 Å². The first-order chi connectivity index (χ1) is 22.4. The Morgan fingerprint density at radius 3 is 2.17 bits per heavy atom. The van der Waals surface area contributed by atoms with E-state index in [2.05, 4.69) is 10.9 Å². The minimum absolute atomic E-state index is 0.0354. The number of nitrogens with one attached hydrogen (secondary N) is 2. The number of hydrogen-bond acceptors (Lipinski definition) is 8. The van der Waals surface area contributed by atoms with Crippen LogP contribution in [0.3, 0.4) is 0 Å². The topological polar surface area (TPSA) is 126 Å². The van der Waals surface area contributed by atoms with E-state index in [0.717, 1.165) is 17.5 Å². The average Bonchev–Trinajstić information content (AvgIpc) is 3.50. The molecule has 0 fully saturated rings. The van der Waals surface area contributed by atoms with Crippen molar-refractivity contribution in [3.63, 3.8) is 0 Å². The zero-order chi connectivity index (χ0) is 32.4. The Balaban J connectivity index is 1.54. The monoisotopic (exact) mass is 641 g/mol. The van der Waals surface area contributed by atoms with Gasteiger partial charge in [0, 0.05) is 31.6 Å². The second kappa shape index (κ2) is 15.2. The van der Waals surface area contributed by atoms with Gasteiger partial charge in [0.25, 0.3) is 5.91 Å². The van der Waals surface area contributed by atoms with Gasteiger partial charge in [0.2, 0.25) is 5.90 Å². The van der Waals surface area contributed by atoms with Gasteiger partial charge in [-0.2, -0.15) is 0 Å². The molecule has 0 aliphatic carbocycles. The molecule has 0 radical (unpaired) electrons. The van der Waals surface area contributed by atoms with E-state index in [1.54, 1.807) is 54.6 Å². The lowest BCUT2D eigenvalue weighted by molar-refractivity contribution is -0.130. The number of amides is 1. The van der Waals surface area contributed by atoms with Crippen LogP contribution in [0.2, 0.25) is 0 Å². The molecule has 46 heavy (non-hydrogen) atoms. The maximum atomic E-state index is 14.1. The van der Waals surface area contributed by atoms with Crippen molar-refractivity contribution >= 4 is 21.6 Å². The van der Waals surface area contributed by atoms with Crippen molar-refractivity contribution in [2.45, 2.75) is 42.7 Å². The van der Waals surface area contributed by atoms with Gasteiger partial charge in [0.15, 0.2) is 21.5 Å². The van der Waals surface area contributed by atoms with Gasteiger partial charge >= 0.3 is 0 Å². The molecular formula is C36H39N3O6S. The van der Waals surface area contributed by atoms with Crippen molar-refractivity contribution in [3.8, 4) is 16.9 Å². The third kappa shape index (κ3) is 7.64. The number of aliphatic hydroxyl groups is 1. The van der Waals surface area contributed by atoms with E-state index in [9.17, 15) is 13.2 Å². The van der Waals surface area contributed by atoms with Crippen molar-refractivity contribution in [1.82, 2.24) is 10.9 Å². The molecule has 3 N–H and O–H groups in total. The summed E-state index contributed by atoms with van der Waals surface area (Å²) in [5.41, 5.74) is 7.45. The van der Waals surface area contributed by atoms with Crippen LogP contribution >= 0.6 is 0 Å². The van der Waals surface area contributed by atoms with E-state index in [4.69, 9.17) is 19.6 Å². The number of rotatable bonds is 15. The van der Waals surface area contributed by atoms with Crippen molar-refractivity contribution in [1.29, 1.82) is 0 Å². The third-order valence-corrected chi connectivity index (χ3v) is 9.51. The van der Waals surface area contributed by atoms with Crippen molar-refractivity contribution in [2.24, 2.45) is 4.99 Å². The van der Waals surface area contributed by atoms with Crippen molar-refractivity contribution in [2.75, 3.05) is 25.5 Å². The Labute approximate surface area is 270 Å². The van der Waals surface area contributed by atoms with Crippen LogP contribution in [0.1, 0.15) is 43.4 Å². The van der Waals surface area contributed by atoms with Gasteiger partial charge in [-0.3, -0.25) is 10.2 Å². The number of aliphatic imine (C=N–C) groups is 1. The number of hydrazine groups is 1. The maximum Gasteiger partial charge on any atom is 0.266 e. The highest BCUT2D eigenvalue weighted by molar-refractivity contribution is 7.91. The summed E-state index contributed by atoms with van der Waals surface area (Å²) in [6, 6.07) is 33.0. The van der Waals surface area contributed by atoms with Crippen LogP contribution < -0.4 is 15.6 Å². The highest BCUT2D eigenvalue weighted by Crippen LogP contribution is 2.43. The summed E-state index contributed by atoms with van der Waals surface area (Å²) in [7, 11) is -3.75. The van der Waals surface area contributed by atoms with Crippen LogP contribution in [0, 0.1) is 0 Å². The van der Waals surface area contributed by atoms with Crippen LogP contribution in [0.5, 0.6) is 5.75 Å². The standard InChI is InChI=1S/C36H39N3O6S/c1-2-23-37-39-35(41)36(22-26-46(42,43)32-12-7-4-8-13-32)33(29-16-14-28(15-17-29)27-10-5-3-6-11-27)45-34(38-36)30-18-20-31(21-19-30)44-25-9-24-40/h3-8,10-21,33,37,40H,2,9,22-26H2,1H3,(H,39,41)/t33-,36-/m0/s1. The number of aliphatic hydroxyl groups excluding tert-OH is 1. The molecule has 10 heteroatoms. The van der Waals surface area contributed by atoms with Gasteiger partial charge in [0.05, 0.1) is 17.3 Å². The molecule has 0 saturated heterocycles. The van der Waals surface area contributed by atoms with Crippen LogP contribution in [0.4, 0.5) is 0 Å². The molecule has 0 aromatic heterocycles. The minimum Gasteiger partial charge on any atom is -0.494 e. The lowest BCUT2D eigenvalue weighted by atomic mass is 9.84. The zero-order valence-corrected chi connectivity index (χ0v) is 26.6. The molecule has 5 rings (SSSR count). The van der Waals surface area contributed by atoms with E-state index < -0.39 is 27.4 Å². The molecule has 0 spiro atoms. The minimum atomic E-state index is -3.75. The van der Waals surface area contributed by atoms with Crippen molar-refractivity contribution < 1.29 is 27.8 Å². The molecule has 1 aliphatic rings. The summed E-state index contributed by atoms with van der Waals surface area (Å²) in [6.45, 7) is 2.91. The normalized spacial score (nSPS) is 17.6. The molecular weight excluding hydrogens is 602 g/mol. The molecule has 2 atom stereocenters. The summed E-state index contributed by atoms with van der Waals surface area (Å²) in [5, 5.41) is 9.06. The molecule has 0 bridgehead atoms. The molecule has 1 amide bonds. The molecule has 0 unspecified atom stereocenters. The predicted molar refractivity (Wildman–Crippen MR) is 178 cm³/mol. The highest BCUT2D eigenvalue weighted by atomic mass is 32.2.